The van der Waals surface area contributed by atoms with Crippen LogP contribution < -0.4 is 10.1 Å². The molecule has 124 valence electrons. The molecule has 1 aromatic carbocycles. The molecule has 0 fully saturated rings. The minimum absolute atomic E-state index is 0.154. The molecule has 2 rings (SSSR count). The van der Waals surface area contributed by atoms with Crippen molar-refractivity contribution in [3.8, 4) is 5.75 Å². The number of nitrogens with one attached hydrogen (secondary N) is 1. The number of hydrogen-bond donors (Lipinski definition) is 1. The summed E-state index contributed by atoms with van der Waals surface area (Å²) in [4.78, 5) is 11.9. The van der Waals surface area contributed by atoms with E-state index in [1.807, 2.05) is 12.1 Å². The molecule has 0 atom stereocenters. The topological polar surface area (TPSA) is 56.2 Å². The van der Waals surface area contributed by atoms with Crippen LogP contribution in [0.3, 0.4) is 0 Å². The summed E-state index contributed by atoms with van der Waals surface area (Å²) in [6.07, 6.45) is 1.74. The minimum Gasteiger partial charge on any atom is -0.471 e. The van der Waals surface area contributed by atoms with Crippen molar-refractivity contribution in [1.82, 2.24) is 15.1 Å². The third-order valence-corrected chi connectivity index (χ3v) is 3.45. The van der Waals surface area contributed by atoms with Gasteiger partial charge in [-0.15, -0.1) is 0 Å². The van der Waals surface area contributed by atoms with Crippen LogP contribution in [-0.4, -0.2) is 22.2 Å². The van der Waals surface area contributed by atoms with Crippen molar-refractivity contribution in [2.75, 3.05) is 6.54 Å². The van der Waals surface area contributed by atoms with E-state index in [0.717, 1.165) is 5.75 Å². The Hall–Kier alpha value is -2.30. The lowest BCUT2D eigenvalue weighted by Crippen LogP contribution is -2.27. The lowest BCUT2D eigenvalue weighted by atomic mass is 10.0. The Morgan fingerprint density at radius 1 is 1.17 bits per heavy atom. The summed E-state index contributed by atoms with van der Waals surface area (Å²) in [6, 6.07) is 9.73. The molecule has 5 heteroatoms. The maximum absolute atomic E-state index is 11.9. The normalized spacial score (nSPS) is 11.0. The van der Waals surface area contributed by atoms with Gasteiger partial charge in [0.2, 0.25) is 0 Å². The first-order chi connectivity index (χ1) is 11.0. The summed E-state index contributed by atoms with van der Waals surface area (Å²) in [5.41, 5.74) is 1.69. The molecule has 1 aromatic heterocycles. The number of aromatic nitrogens is 2. The van der Waals surface area contributed by atoms with Gasteiger partial charge in [-0.1, -0.05) is 39.8 Å². The Morgan fingerprint density at radius 2 is 1.87 bits per heavy atom. The Kier molecular flexibility index (Phi) is 5.79. The van der Waals surface area contributed by atoms with E-state index in [1.54, 1.807) is 16.9 Å². The van der Waals surface area contributed by atoms with Crippen LogP contribution in [-0.2, 0) is 6.73 Å². The standard InChI is InChI=1S/C18H25N3O2/c1-13(2)11-19-18(22)17-9-10-21(20-17)12-23-16-7-5-15(6-8-16)14(3)4/h5-10,13-14H,11-12H2,1-4H3,(H,19,22). The molecule has 2 aromatic rings. The summed E-state index contributed by atoms with van der Waals surface area (Å²) in [7, 11) is 0. The predicted octanol–water partition coefficient (Wildman–Crippen LogP) is 3.43. The highest BCUT2D eigenvalue weighted by Crippen LogP contribution is 2.18. The zero-order valence-electron chi connectivity index (χ0n) is 14.2. The average Bonchev–Trinajstić information content (AvgIpc) is 3.00. The van der Waals surface area contributed by atoms with Crippen LogP contribution in [0.5, 0.6) is 5.75 Å². The molecule has 0 aliphatic heterocycles. The fourth-order valence-corrected chi connectivity index (χ4v) is 2.03. The SMILES string of the molecule is CC(C)CNC(=O)c1ccn(COc2ccc(C(C)C)cc2)n1. The molecule has 1 amide bonds. The first-order valence-electron chi connectivity index (χ1n) is 8.00. The molecule has 0 saturated heterocycles. The van der Waals surface area contributed by atoms with Gasteiger partial charge in [-0.05, 0) is 35.6 Å². The van der Waals surface area contributed by atoms with Gasteiger partial charge >= 0.3 is 0 Å². The summed E-state index contributed by atoms with van der Waals surface area (Å²) in [6.45, 7) is 9.34. The van der Waals surface area contributed by atoms with Gasteiger partial charge in [0.25, 0.3) is 5.91 Å². The number of amides is 1. The van der Waals surface area contributed by atoms with Crippen LogP contribution in [0.1, 0.15) is 49.7 Å². The van der Waals surface area contributed by atoms with Crippen LogP contribution in [0.15, 0.2) is 36.5 Å². The van der Waals surface area contributed by atoms with Crippen LogP contribution in [0.2, 0.25) is 0 Å². The number of carbonyl (C=O) groups excluding carboxylic acids is 1. The van der Waals surface area contributed by atoms with Gasteiger partial charge in [-0.25, -0.2) is 4.68 Å². The zero-order valence-corrected chi connectivity index (χ0v) is 14.2. The first-order valence-corrected chi connectivity index (χ1v) is 8.00. The van der Waals surface area contributed by atoms with Crippen molar-refractivity contribution in [3.63, 3.8) is 0 Å². The van der Waals surface area contributed by atoms with Crippen molar-refractivity contribution < 1.29 is 9.53 Å². The summed E-state index contributed by atoms with van der Waals surface area (Å²) >= 11 is 0. The summed E-state index contributed by atoms with van der Waals surface area (Å²) in [5, 5.41) is 7.08. The second kappa shape index (κ2) is 7.81. The molecule has 1 heterocycles. The average molecular weight is 315 g/mol. The van der Waals surface area contributed by atoms with Crippen molar-refractivity contribution in [1.29, 1.82) is 0 Å². The second-order valence-electron chi connectivity index (χ2n) is 6.34. The summed E-state index contributed by atoms with van der Waals surface area (Å²) < 4.78 is 7.30. The Balaban J connectivity index is 1.88. The highest BCUT2D eigenvalue weighted by molar-refractivity contribution is 5.92. The fraction of sp³-hybridized carbons (Fsp3) is 0.444. The second-order valence-corrected chi connectivity index (χ2v) is 6.34. The van der Waals surface area contributed by atoms with E-state index in [4.69, 9.17) is 4.74 Å². The quantitative estimate of drug-likeness (QED) is 0.851. The molecule has 0 saturated carbocycles. The van der Waals surface area contributed by atoms with E-state index >= 15 is 0 Å². The number of rotatable bonds is 7. The predicted molar refractivity (Wildman–Crippen MR) is 90.6 cm³/mol. The fourth-order valence-electron chi connectivity index (χ4n) is 2.03. The van der Waals surface area contributed by atoms with Gasteiger partial charge in [0.15, 0.2) is 6.73 Å². The third-order valence-electron chi connectivity index (χ3n) is 3.45. The van der Waals surface area contributed by atoms with E-state index in [1.165, 1.54) is 5.56 Å². The van der Waals surface area contributed by atoms with E-state index in [0.29, 0.717) is 24.1 Å². The molecule has 1 N–H and O–H groups in total. The monoisotopic (exact) mass is 315 g/mol. The maximum Gasteiger partial charge on any atom is 0.271 e. The molecule has 0 aliphatic carbocycles. The van der Waals surface area contributed by atoms with E-state index in [9.17, 15) is 4.79 Å². The van der Waals surface area contributed by atoms with Crippen molar-refractivity contribution in [2.24, 2.45) is 5.92 Å². The molecule has 0 unspecified atom stereocenters. The third kappa shape index (κ3) is 5.13. The number of nitrogens with zero attached hydrogens (tertiary/aromatic N) is 2. The van der Waals surface area contributed by atoms with Gasteiger partial charge in [-0.2, -0.15) is 5.10 Å². The highest BCUT2D eigenvalue weighted by Gasteiger charge is 2.09. The van der Waals surface area contributed by atoms with Crippen LogP contribution in [0, 0.1) is 5.92 Å². The number of hydrogen-bond acceptors (Lipinski definition) is 3. The molecule has 23 heavy (non-hydrogen) atoms. The molecule has 0 spiro atoms. The van der Waals surface area contributed by atoms with Crippen LogP contribution >= 0.6 is 0 Å². The summed E-state index contributed by atoms with van der Waals surface area (Å²) in [5.74, 6) is 1.55. The van der Waals surface area contributed by atoms with Gasteiger partial charge in [-0.3, -0.25) is 4.79 Å². The molecular formula is C18H25N3O2. The lowest BCUT2D eigenvalue weighted by molar-refractivity contribution is 0.0942. The molecule has 5 nitrogen and oxygen atoms in total. The Bertz CT molecular complexity index is 630. The zero-order chi connectivity index (χ0) is 16.8. The Labute approximate surface area is 137 Å². The minimum atomic E-state index is -0.154. The first kappa shape index (κ1) is 17.1. The van der Waals surface area contributed by atoms with Crippen LogP contribution in [0.25, 0.3) is 0 Å². The number of benzene rings is 1. The van der Waals surface area contributed by atoms with Gasteiger partial charge < -0.3 is 10.1 Å². The smallest absolute Gasteiger partial charge is 0.271 e. The maximum atomic E-state index is 11.9. The van der Waals surface area contributed by atoms with Gasteiger partial charge in [0.1, 0.15) is 11.4 Å². The molecular weight excluding hydrogens is 290 g/mol. The van der Waals surface area contributed by atoms with E-state index in [2.05, 4.69) is 50.2 Å². The van der Waals surface area contributed by atoms with Crippen molar-refractivity contribution in [3.05, 3.63) is 47.8 Å². The van der Waals surface area contributed by atoms with Gasteiger partial charge in [0.05, 0.1) is 0 Å². The molecule has 0 bridgehead atoms. The van der Waals surface area contributed by atoms with Gasteiger partial charge in [0, 0.05) is 12.7 Å². The van der Waals surface area contributed by atoms with Crippen LogP contribution in [0.4, 0.5) is 0 Å². The van der Waals surface area contributed by atoms with E-state index in [-0.39, 0.29) is 12.6 Å². The van der Waals surface area contributed by atoms with Crippen molar-refractivity contribution in [2.45, 2.75) is 40.3 Å². The lowest BCUT2D eigenvalue weighted by Gasteiger charge is -2.09. The molecule has 0 radical (unpaired) electrons. The Morgan fingerprint density at radius 3 is 2.48 bits per heavy atom. The number of ether oxygens (including phenoxy) is 1. The van der Waals surface area contributed by atoms with Crippen molar-refractivity contribution >= 4 is 5.91 Å². The number of carbonyl (C=O) groups is 1. The largest absolute Gasteiger partial charge is 0.471 e. The highest BCUT2D eigenvalue weighted by atomic mass is 16.5. The van der Waals surface area contributed by atoms with E-state index < -0.39 is 0 Å². The molecule has 0 aliphatic rings.